The number of rotatable bonds is 3. The summed E-state index contributed by atoms with van der Waals surface area (Å²) in [5.41, 5.74) is 3.22. The molecule has 3 nitrogen and oxygen atoms in total. The maximum Gasteiger partial charge on any atom is 0.129 e. The van der Waals surface area contributed by atoms with Crippen molar-refractivity contribution in [2.45, 2.75) is 30.9 Å². The summed E-state index contributed by atoms with van der Waals surface area (Å²) in [5.74, 6) is 7.83. The van der Waals surface area contributed by atoms with Gasteiger partial charge < -0.3 is 4.74 Å². The molecule has 0 saturated carbocycles. The van der Waals surface area contributed by atoms with E-state index >= 15 is 0 Å². The first-order chi connectivity index (χ1) is 10.2. The number of halogens is 2. The van der Waals surface area contributed by atoms with E-state index in [4.69, 9.17) is 22.2 Å². The van der Waals surface area contributed by atoms with Crippen molar-refractivity contribution in [3.8, 4) is 0 Å². The Bertz CT molecular complexity index is 490. The molecule has 3 N–H and O–H groups in total. The predicted octanol–water partition coefficient (Wildman–Crippen LogP) is 3.29. The fraction of sp³-hybridized carbons (Fsp3) is 0.600. The SMILES string of the molecule is NNC(c1c(F)cccc1Cl)C1CCOC2(CCSC2)C1. The first kappa shape index (κ1) is 15.6. The van der Waals surface area contributed by atoms with Crippen molar-refractivity contribution in [3.05, 3.63) is 34.6 Å². The molecule has 3 atom stereocenters. The Labute approximate surface area is 133 Å². The lowest BCUT2D eigenvalue weighted by atomic mass is 9.79. The van der Waals surface area contributed by atoms with E-state index in [1.54, 1.807) is 12.1 Å². The van der Waals surface area contributed by atoms with Gasteiger partial charge in [-0.2, -0.15) is 11.8 Å². The minimum atomic E-state index is -0.299. The molecule has 2 fully saturated rings. The van der Waals surface area contributed by atoms with Gasteiger partial charge in [0.25, 0.3) is 0 Å². The number of hydrogen-bond donors (Lipinski definition) is 2. The molecule has 21 heavy (non-hydrogen) atoms. The molecular weight excluding hydrogens is 311 g/mol. The van der Waals surface area contributed by atoms with Crippen LogP contribution in [0.25, 0.3) is 0 Å². The van der Waals surface area contributed by atoms with Gasteiger partial charge in [0.05, 0.1) is 11.6 Å². The van der Waals surface area contributed by atoms with Crippen LogP contribution in [0.15, 0.2) is 18.2 Å². The molecule has 2 heterocycles. The standard InChI is InChI=1S/C15H20ClFN2OS/c16-11-2-1-3-12(17)13(11)14(19-18)10-4-6-20-15(8-10)5-7-21-9-15/h1-3,10,14,19H,4-9,18H2. The molecule has 1 spiro atoms. The van der Waals surface area contributed by atoms with Gasteiger partial charge in [-0.15, -0.1) is 0 Å². The summed E-state index contributed by atoms with van der Waals surface area (Å²) >= 11 is 8.13. The highest BCUT2D eigenvalue weighted by Crippen LogP contribution is 2.45. The van der Waals surface area contributed by atoms with Crippen molar-refractivity contribution < 1.29 is 9.13 Å². The number of hydrazine groups is 1. The molecule has 3 unspecified atom stereocenters. The molecule has 2 saturated heterocycles. The zero-order valence-electron chi connectivity index (χ0n) is 11.8. The fourth-order valence-corrected chi connectivity index (χ4v) is 5.14. The maximum atomic E-state index is 14.2. The lowest BCUT2D eigenvalue weighted by Gasteiger charge is -2.41. The van der Waals surface area contributed by atoms with Crippen molar-refractivity contribution in [1.29, 1.82) is 0 Å². The molecule has 1 aromatic carbocycles. The Hall–Kier alpha value is -0.330. The Morgan fingerprint density at radius 1 is 1.52 bits per heavy atom. The molecule has 0 radical (unpaired) electrons. The third-order valence-corrected chi connectivity index (χ3v) is 6.11. The second kappa shape index (κ2) is 6.42. The average Bonchev–Trinajstić information content (AvgIpc) is 2.91. The van der Waals surface area contributed by atoms with Gasteiger partial charge in [0.1, 0.15) is 5.82 Å². The first-order valence-electron chi connectivity index (χ1n) is 7.27. The normalized spacial score (nSPS) is 30.7. The second-order valence-corrected chi connectivity index (χ2v) is 7.38. The summed E-state index contributed by atoms with van der Waals surface area (Å²) in [7, 11) is 0. The van der Waals surface area contributed by atoms with Gasteiger partial charge in [-0.3, -0.25) is 11.3 Å². The highest BCUT2D eigenvalue weighted by molar-refractivity contribution is 7.99. The summed E-state index contributed by atoms with van der Waals surface area (Å²) in [4.78, 5) is 0. The molecule has 1 aromatic rings. The highest BCUT2D eigenvalue weighted by Gasteiger charge is 2.43. The van der Waals surface area contributed by atoms with E-state index in [9.17, 15) is 4.39 Å². The van der Waals surface area contributed by atoms with Crippen LogP contribution >= 0.6 is 23.4 Å². The van der Waals surface area contributed by atoms with E-state index in [1.165, 1.54) is 6.07 Å². The van der Waals surface area contributed by atoms with Gasteiger partial charge in [0, 0.05) is 22.9 Å². The zero-order chi connectivity index (χ0) is 14.9. The molecule has 6 heteroatoms. The summed E-state index contributed by atoms with van der Waals surface area (Å²) in [5, 5.41) is 0.430. The van der Waals surface area contributed by atoms with Crippen LogP contribution in [0.5, 0.6) is 0 Å². The third kappa shape index (κ3) is 3.08. The Balaban J connectivity index is 1.86. The van der Waals surface area contributed by atoms with Crippen molar-refractivity contribution in [2.24, 2.45) is 11.8 Å². The predicted molar refractivity (Wildman–Crippen MR) is 84.8 cm³/mol. The molecule has 116 valence electrons. The molecule has 2 aliphatic heterocycles. The quantitative estimate of drug-likeness (QED) is 0.659. The van der Waals surface area contributed by atoms with Crippen LogP contribution < -0.4 is 11.3 Å². The topological polar surface area (TPSA) is 47.3 Å². The number of ether oxygens (including phenoxy) is 1. The van der Waals surface area contributed by atoms with Crippen LogP contribution in [0, 0.1) is 11.7 Å². The summed E-state index contributed by atoms with van der Waals surface area (Å²) in [6, 6.07) is 4.50. The number of nitrogens with one attached hydrogen (secondary N) is 1. The summed E-state index contributed by atoms with van der Waals surface area (Å²) in [6.45, 7) is 0.704. The molecule has 3 rings (SSSR count). The van der Waals surface area contributed by atoms with Crippen LogP contribution in [-0.4, -0.2) is 23.7 Å². The Morgan fingerprint density at radius 3 is 3.05 bits per heavy atom. The molecule has 0 bridgehead atoms. The van der Waals surface area contributed by atoms with E-state index < -0.39 is 0 Å². The lowest BCUT2D eigenvalue weighted by Crippen LogP contribution is -2.45. The van der Waals surface area contributed by atoms with Crippen molar-refractivity contribution in [1.82, 2.24) is 5.43 Å². The van der Waals surface area contributed by atoms with Gasteiger partial charge in [-0.1, -0.05) is 17.7 Å². The molecule has 0 aromatic heterocycles. The largest absolute Gasteiger partial charge is 0.374 e. The smallest absolute Gasteiger partial charge is 0.129 e. The van der Waals surface area contributed by atoms with E-state index in [1.807, 2.05) is 11.8 Å². The summed E-state index contributed by atoms with van der Waals surface area (Å²) < 4.78 is 20.2. The van der Waals surface area contributed by atoms with Gasteiger partial charge in [0.15, 0.2) is 0 Å². The molecular formula is C15H20ClFN2OS. The van der Waals surface area contributed by atoms with Crippen LogP contribution in [0.1, 0.15) is 30.9 Å². The van der Waals surface area contributed by atoms with E-state index in [0.717, 1.165) is 30.8 Å². The number of hydrogen-bond acceptors (Lipinski definition) is 4. The van der Waals surface area contributed by atoms with E-state index in [2.05, 4.69) is 5.43 Å². The minimum Gasteiger partial charge on any atom is -0.374 e. The molecule has 0 amide bonds. The fourth-order valence-electron chi connectivity index (χ4n) is 3.48. The molecule has 0 aliphatic carbocycles. The van der Waals surface area contributed by atoms with Gasteiger partial charge >= 0.3 is 0 Å². The Morgan fingerprint density at radius 2 is 2.38 bits per heavy atom. The van der Waals surface area contributed by atoms with Crippen LogP contribution in [0.2, 0.25) is 5.02 Å². The van der Waals surface area contributed by atoms with Gasteiger partial charge in [-0.05, 0) is 43.1 Å². The van der Waals surface area contributed by atoms with E-state index in [0.29, 0.717) is 17.2 Å². The van der Waals surface area contributed by atoms with Crippen LogP contribution in [0.3, 0.4) is 0 Å². The number of nitrogens with two attached hydrogens (primary N) is 1. The van der Waals surface area contributed by atoms with Gasteiger partial charge in [-0.25, -0.2) is 4.39 Å². The van der Waals surface area contributed by atoms with Crippen LogP contribution in [-0.2, 0) is 4.74 Å². The zero-order valence-corrected chi connectivity index (χ0v) is 13.4. The van der Waals surface area contributed by atoms with Crippen molar-refractivity contribution in [3.63, 3.8) is 0 Å². The number of thioether (sulfide) groups is 1. The molecule has 2 aliphatic rings. The van der Waals surface area contributed by atoms with Crippen molar-refractivity contribution in [2.75, 3.05) is 18.1 Å². The van der Waals surface area contributed by atoms with Crippen LogP contribution in [0.4, 0.5) is 4.39 Å². The Kier molecular flexibility index (Phi) is 4.76. The average molecular weight is 331 g/mol. The summed E-state index contributed by atoms with van der Waals surface area (Å²) in [6.07, 6.45) is 2.84. The maximum absolute atomic E-state index is 14.2. The third-order valence-electron chi connectivity index (χ3n) is 4.56. The van der Waals surface area contributed by atoms with Gasteiger partial charge in [0.2, 0.25) is 0 Å². The minimum absolute atomic E-state index is 0.0551. The van der Waals surface area contributed by atoms with Crippen molar-refractivity contribution >= 4 is 23.4 Å². The first-order valence-corrected chi connectivity index (χ1v) is 8.80. The lowest BCUT2D eigenvalue weighted by molar-refractivity contribution is -0.0856. The van der Waals surface area contributed by atoms with E-state index in [-0.39, 0.29) is 23.4 Å². The number of benzene rings is 1. The highest BCUT2D eigenvalue weighted by atomic mass is 35.5. The monoisotopic (exact) mass is 330 g/mol. The second-order valence-electron chi connectivity index (χ2n) is 5.87.